The molecule has 1 aromatic carbocycles. The first kappa shape index (κ1) is 10.7. The quantitative estimate of drug-likeness (QED) is 0.509. The second kappa shape index (κ2) is 3.98. The number of rotatable bonds is 1. The van der Waals surface area contributed by atoms with Gasteiger partial charge in [-0.1, -0.05) is 24.4 Å². The Hall–Kier alpha value is -1.81. The van der Waals surface area contributed by atoms with Crippen LogP contribution in [0.25, 0.3) is 5.57 Å². The number of hydrogen-bond acceptors (Lipinski definition) is 4. The van der Waals surface area contributed by atoms with E-state index in [9.17, 15) is 0 Å². The van der Waals surface area contributed by atoms with Crippen molar-refractivity contribution in [3.05, 3.63) is 41.6 Å². The molecule has 0 aromatic heterocycles. The summed E-state index contributed by atoms with van der Waals surface area (Å²) >= 11 is 5.30. The summed E-state index contributed by atoms with van der Waals surface area (Å²) in [5.74, 6) is 0. The van der Waals surface area contributed by atoms with Crippen LogP contribution in [0.15, 0.2) is 36.0 Å². The fourth-order valence-electron chi connectivity index (χ4n) is 1.68. The van der Waals surface area contributed by atoms with Gasteiger partial charge >= 0.3 is 0 Å². The maximum Gasteiger partial charge on any atom is 0.0414 e. The minimum atomic E-state index is 0.628. The molecule has 0 unspecified atom stereocenters. The lowest BCUT2D eigenvalue weighted by Gasteiger charge is -2.15. The molecule has 3 nitrogen and oxygen atoms in total. The molecule has 6 N–H and O–H groups in total. The van der Waals surface area contributed by atoms with E-state index in [1.165, 1.54) is 0 Å². The van der Waals surface area contributed by atoms with Crippen molar-refractivity contribution in [2.75, 3.05) is 11.5 Å². The Labute approximate surface area is 99.6 Å². The van der Waals surface area contributed by atoms with E-state index in [4.69, 9.17) is 29.4 Å². The number of thiocarbonyl (C=S) groups is 1. The summed E-state index contributed by atoms with van der Waals surface area (Å²) < 4.78 is 0. The largest absolute Gasteiger partial charge is 0.399 e. The number of hydrogen-bond donors (Lipinski definition) is 3. The van der Waals surface area contributed by atoms with Gasteiger partial charge in [-0.05, 0) is 18.2 Å². The third kappa shape index (κ3) is 1.92. The highest BCUT2D eigenvalue weighted by atomic mass is 32.1. The number of allylic oxidation sites excluding steroid dienone is 3. The van der Waals surface area contributed by atoms with Crippen molar-refractivity contribution in [3.8, 4) is 0 Å². The smallest absolute Gasteiger partial charge is 0.0414 e. The van der Waals surface area contributed by atoms with Crippen molar-refractivity contribution in [2.45, 2.75) is 6.42 Å². The van der Waals surface area contributed by atoms with Gasteiger partial charge < -0.3 is 17.2 Å². The van der Waals surface area contributed by atoms with Crippen LogP contribution in [0, 0.1) is 0 Å². The van der Waals surface area contributed by atoms with Gasteiger partial charge in [0.15, 0.2) is 0 Å². The Morgan fingerprint density at radius 3 is 2.56 bits per heavy atom. The monoisotopic (exact) mass is 231 g/mol. The fourth-order valence-corrected chi connectivity index (χ4v) is 1.93. The summed E-state index contributed by atoms with van der Waals surface area (Å²) in [5, 5.41) is 0. The van der Waals surface area contributed by atoms with E-state index in [0.717, 1.165) is 21.7 Å². The van der Waals surface area contributed by atoms with Gasteiger partial charge in [-0.25, -0.2) is 0 Å². The van der Waals surface area contributed by atoms with Gasteiger partial charge in [0, 0.05) is 39.5 Å². The number of nitrogen functional groups attached to an aromatic ring is 2. The molecular weight excluding hydrogens is 218 g/mol. The molecule has 0 saturated carbocycles. The molecule has 0 bridgehead atoms. The molecule has 16 heavy (non-hydrogen) atoms. The molecule has 0 heterocycles. The Bertz CT molecular complexity index is 515. The van der Waals surface area contributed by atoms with E-state index in [1.807, 2.05) is 24.3 Å². The maximum atomic E-state index is 5.92. The van der Waals surface area contributed by atoms with E-state index < -0.39 is 0 Å². The summed E-state index contributed by atoms with van der Waals surface area (Å²) in [6.45, 7) is 0. The summed E-state index contributed by atoms with van der Waals surface area (Å²) in [6, 6.07) is 5.42. The molecule has 82 valence electrons. The highest BCUT2D eigenvalue weighted by molar-refractivity contribution is 7.81. The zero-order chi connectivity index (χ0) is 11.7. The normalized spacial score (nSPS) is 15.6. The standard InChI is InChI=1S/C12H13N3S/c13-7-2-4-12(16)10(5-7)9-3-1-8(14)6-11(9)15/h1-3,5-6H,4,13-15H2. The van der Waals surface area contributed by atoms with E-state index in [2.05, 4.69) is 0 Å². The molecule has 0 atom stereocenters. The topological polar surface area (TPSA) is 78.1 Å². The molecule has 1 aromatic rings. The SMILES string of the molecule is NC1=CCC(=S)C(c2ccc(N)cc2N)=C1. The maximum absolute atomic E-state index is 5.92. The van der Waals surface area contributed by atoms with E-state index in [0.29, 0.717) is 17.8 Å². The molecule has 0 amide bonds. The van der Waals surface area contributed by atoms with Crippen LogP contribution in [0.1, 0.15) is 12.0 Å². The van der Waals surface area contributed by atoms with E-state index >= 15 is 0 Å². The highest BCUT2D eigenvalue weighted by Crippen LogP contribution is 2.28. The molecular formula is C12H13N3S. The van der Waals surface area contributed by atoms with Crippen LogP contribution in [0.3, 0.4) is 0 Å². The van der Waals surface area contributed by atoms with Gasteiger partial charge in [-0.2, -0.15) is 0 Å². The number of nitrogens with two attached hydrogens (primary N) is 3. The predicted octanol–water partition coefficient (Wildman–Crippen LogP) is 1.85. The molecule has 0 saturated heterocycles. The van der Waals surface area contributed by atoms with Gasteiger partial charge in [0.2, 0.25) is 0 Å². The Balaban J connectivity index is 2.51. The lowest BCUT2D eigenvalue weighted by molar-refractivity contribution is 1.33. The summed E-state index contributed by atoms with van der Waals surface area (Å²) in [4.78, 5) is 0.852. The van der Waals surface area contributed by atoms with Gasteiger partial charge in [0.05, 0.1) is 0 Å². The van der Waals surface area contributed by atoms with Crippen molar-refractivity contribution in [1.29, 1.82) is 0 Å². The average molecular weight is 231 g/mol. The van der Waals surface area contributed by atoms with Crippen LogP contribution in [0.4, 0.5) is 11.4 Å². The van der Waals surface area contributed by atoms with Crippen molar-refractivity contribution in [3.63, 3.8) is 0 Å². The number of benzene rings is 1. The van der Waals surface area contributed by atoms with E-state index in [1.54, 1.807) is 6.07 Å². The third-order valence-electron chi connectivity index (χ3n) is 2.50. The zero-order valence-corrected chi connectivity index (χ0v) is 9.55. The highest BCUT2D eigenvalue weighted by Gasteiger charge is 2.13. The first-order valence-electron chi connectivity index (χ1n) is 4.94. The molecule has 0 spiro atoms. The van der Waals surface area contributed by atoms with Crippen molar-refractivity contribution < 1.29 is 0 Å². The number of anilines is 2. The van der Waals surface area contributed by atoms with Gasteiger partial charge in [0.25, 0.3) is 0 Å². The average Bonchev–Trinajstić information content (AvgIpc) is 2.22. The van der Waals surface area contributed by atoms with Crippen LogP contribution in [0.2, 0.25) is 0 Å². The Morgan fingerprint density at radius 1 is 1.12 bits per heavy atom. The molecule has 2 rings (SSSR count). The van der Waals surface area contributed by atoms with Gasteiger partial charge in [-0.3, -0.25) is 0 Å². The summed E-state index contributed by atoms with van der Waals surface area (Å²) in [7, 11) is 0. The molecule has 1 aliphatic carbocycles. The lowest BCUT2D eigenvalue weighted by atomic mass is 9.94. The molecule has 0 aliphatic heterocycles. The van der Waals surface area contributed by atoms with Gasteiger partial charge in [-0.15, -0.1) is 0 Å². The zero-order valence-electron chi connectivity index (χ0n) is 8.73. The van der Waals surface area contributed by atoms with Gasteiger partial charge in [0.1, 0.15) is 0 Å². The molecule has 0 fully saturated rings. The fraction of sp³-hybridized carbons (Fsp3) is 0.0833. The molecule has 1 aliphatic rings. The van der Waals surface area contributed by atoms with Crippen LogP contribution in [-0.2, 0) is 0 Å². The second-order valence-corrected chi connectivity index (χ2v) is 4.23. The molecule has 0 radical (unpaired) electrons. The third-order valence-corrected chi connectivity index (χ3v) is 2.89. The van der Waals surface area contributed by atoms with Crippen molar-refractivity contribution >= 4 is 34.0 Å². The minimum absolute atomic E-state index is 0.628. The summed E-state index contributed by atoms with van der Waals surface area (Å²) in [5.41, 5.74) is 21.2. The van der Waals surface area contributed by atoms with Crippen LogP contribution in [0.5, 0.6) is 0 Å². The summed E-state index contributed by atoms with van der Waals surface area (Å²) in [6.07, 6.45) is 4.45. The second-order valence-electron chi connectivity index (χ2n) is 3.74. The van der Waals surface area contributed by atoms with Crippen molar-refractivity contribution in [2.24, 2.45) is 5.73 Å². The Kier molecular flexibility index (Phi) is 2.66. The Morgan fingerprint density at radius 2 is 1.88 bits per heavy atom. The first-order chi connectivity index (χ1) is 7.58. The van der Waals surface area contributed by atoms with Crippen LogP contribution < -0.4 is 17.2 Å². The van der Waals surface area contributed by atoms with Crippen LogP contribution >= 0.6 is 12.2 Å². The first-order valence-corrected chi connectivity index (χ1v) is 5.34. The molecule has 4 heteroatoms. The van der Waals surface area contributed by atoms with Crippen molar-refractivity contribution in [1.82, 2.24) is 0 Å². The van der Waals surface area contributed by atoms with E-state index in [-0.39, 0.29) is 0 Å². The lowest BCUT2D eigenvalue weighted by Crippen LogP contribution is -2.09. The van der Waals surface area contributed by atoms with Crippen LogP contribution in [-0.4, -0.2) is 4.86 Å². The predicted molar refractivity (Wildman–Crippen MR) is 72.7 cm³/mol. The minimum Gasteiger partial charge on any atom is -0.399 e.